The van der Waals surface area contributed by atoms with E-state index in [1.54, 1.807) is 48.5 Å². The first-order chi connectivity index (χ1) is 11.0. The van der Waals surface area contributed by atoms with E-state index in [-0.39, 0.29) is 5.75 Å². The van der Waals surface area contributed by atoms with Gasteiger partial charge in [-0.25, -0.2) is 4.79 Å². The van der Waals surface area contributed by atoms with E-state index in [4.69, 9.17) is 23.2 Å². The summed E-state index contributed by atoms with van der Waals surface area (Å²) in [6.45, 7) is 0. The molecule has 23 heavy (non-hydrogen) atoms. The number of rotatable bonds is 2. The van der Waals surface area contributed by atoms with Crippen LogP contribution < -0.4 is 10.6 Å². The summed E-state index contributed by atoms with van der Waals surface area (Å²) in [5.41, 5.74) is 0.994. The number of carbonyl (C=O) groups excluding carboxylic acids is 1. The van der Waals surface area contributed by atoms with E-state index in [9.17, 15) is 9.90 Å². The number of aromatic hydroxyl groups is 1. The molecule has 0 aliphatic rings. The SMILES string of the molecule is O=C(Nc1cc(Cl)ccc1Cl)Nc1cccc2c(O)cccc12. The summed E-state index contributed by atoms with van der Waals surface area (Å²) in [5.74, 6) is 0.157. The molecular weight excluding hydrogens is 335 g/mol. The average molecular weight is 347 g/mol. The lowest BCUT2D eigenvalue weighted by atomic mass is 10.1. The molecule has 0 saturated heterocycles. The summed E-state index contributed by atoms with van der Waals surface area (Å²) in [4.78, 5) is 12.2. The zero-order chi connectivity index (χ0) is 16.4. The number of anilines is 2. The maximum absolute atomic E-state index is 12.2. The fourth-order valence-corrected chi connectivity index (χ4v) is 2.61. The molecular formula is C17H12Cl2N2O2. The van der Waals surface area contributed by atoms with Crippen molar-refractivity contribution in [1.82, 2.24) is 0 Å². The second kappa shape index (κ2) is 6.36. The van der Waals surface area contributed by atoms with Crippen molar-refractivity contribution >= 4 is 51.4 Å². The van der Waals surface area contributed by atoms with Gasteiger partial charge in [-0.05, 0) is 30.3 Å². The molecule has 0 saturated carbocycles. The Morgan fingerprint density at radius 1 is 0.870 bits per heavy atom. The summed E-state index contributed by atoms with van der Waals surface area (Å²) < 4.78 is 0. The van der Waals surface area contributed by atoms with Gasteiger partial charge in [0.2, 0.25) is 0 Å². The molecule has 0 heterocycles. The molecule has 0 unspecified atom stereocenters. The van der Waals surface area contributed by atoms with Gasteiger partial charge in [0.05, 0.1) is 16.4 Å². The fourth-order valence-electron chi connectivity index (χ4n) is 2.27. The molecule has 3 rings (SSSR count). The number of phenols is 1. The quantitative estimate of drug-likeness (QED) is 0.573. The summed E-state index contributed by atoms with van der Waals surface area (Å²) in [6.07, 6.45) is 0. The highest BCUT2D eigenvalue weighted by Crippen LogP contribution is 2.30. The molecule has 0 spiro atoms. The van der Waals surface area contributed by atoms with Crippen LogP contribution in [0.3, 0.4) is 0 Å². The Kier molecular flexibility index (Phi) is 4.28. The highest BCUT2D eigenvalue weighted by Gasteiger charge is 2.09. The van der Waals surface area contributed by atoms with Crippen LogP contribution in [0.5, 0.6) is 5.75 Å². The lowest BCUT2D eigenvalue weighted by Crippen LogP contribution is -2.19. The highest BCUT2D eigenvalue weighted by molar-refractivity contribution is 6.35. The van der Waals surface area contributed by atoms with Crippen LogP contribution in [0.25, 0.3) is 10.8 Å². The van der Waals surface area contributed by atoms with E-state index >= 15 is 0 Å². The minimum absolute atomic E-state index is 0.157. The van der Waals surface area contributed by atoms with Crippen molar-refractivity contribution in [2.45, 2.75) is 0 Å². The number of phenolic OH excluding ortho intramolecular Hbond substituents is 1. The minimum atomic E-state index is -0.454. The number of hydrogen-bond donors (Lipinski definition) is 3. The number of fused-ring (bicyclic) bond motifs is 1. The van der Waals surface area contributed by atoms with Crippen LogP contribution in [0.2, 0.25) is 10.0 Å². The van der Waals surface area contributed by atoms with Gasteiger partial charge in [-0.15, -0.1) is 0 Å². The topological polar surface area (TPSA) is 61.4 Å². The smallest absolute Gasteiger partial charge is 0.323 e. The van der Waals surface area contributed by atoms with Crippen LogP contribution in [0.15, 0.2) is 54.6 Å². The molecule has 3 N–H and O–H groups in total. The molecule has 0 bridgehead atoms. The zero-order valence-electron chi connectivity index (χ0n) is 11.8. The summed E-state index contributed by atoms with van der Waals surface area (Å²) in [5, 5.41) is 17.5. The van der Waals surface area contributed by atoms with E-state index in [1.807, 2.05) is 6.07 Å². The Labute approximate surface area is 142 Å². The maximum atomic E-state index is 12.2. The average Bonchev–Trinajstić information content (AvgIpc) is 2.52. The highest BCUT2D eigenvalue weighted by atomic mass is 35.5. The lowest BCUT2D eigenvalue weighted by molar-refractivity contribution is 0.262. The van der Waals surface area contributed by atoms with Gasteiger partial charge in [0.15, 0.2) is 0 Å². The Bertz CT molecular complexity index is 897. The number of carbonyl (C=O) groups is 1. The molecule has 0 atom stereocenters. The first kappa shape index (κ1) is 15.5. The molecule has 4 nitrogen and oxygen atoms in total. The van der Waals surface area contributed by atoms with Crippen molar-refractivity contribution < 1.29 is 9.90 Å². The first-order valence-corrected chi connectivity index (χ1v) is 7.54. The van der Waals surface area contributed by atoms with Crippen LogP contribution in [0.1, 0.15) is 0 Å². The number of halogens is 2. The number of benzene rings is 3. The van der Waals surface area contributed by atoms with Gasteiger partial charge >= 0.3 is 6.03 Å². The van der Waals surface area contributed by atoms with Crippen molar-refractivity contribution in [2.75, 3.05) is 10.6 Å². The summed E-state index contributed by atoms with van der Waals surface area (Å²) in [6, 6.07) is 14.8. The molecule has 0 aliphatic heterocycles. The molecule has 0 aromatic heterocycles. The molecule has 2 amide bonds. The van der Waals surface area contributed by atoms with E-state index in [1.165, 1.54) is 0 Å². The van der Waals surface area contributed by atoms with Gasteiger partial charge in [-0.3, -0.25) is 0 Å². The lowest BCUT2D eigenvalue weighted by Gasteiger charge is -2.11. The zero-order valence-corrected chi connectivity index (χ0v) is 13.3. The molecule has 116 valence electrons. The number of hydrogen-bond acceptors (Lipinski definition) is 2. The number of urea groups is 1. The number of amides is 2. The van der Waals surface area contributed by atoms with Gasteiger partial charge in [0.25, 0.3) is 0 Å². The van der Waals surface area contributed by atoms with Gasteiger partial charge in [-0.2, -0.15) is 0 Å². The monoisotopic (exact) mass is 346 g/mol. The Morgan fingerprint density at radius 2 is 1.57 bits per heavy atom. The van der Waals surface area contributed by atoms with Crippen molar-refractivity contribution in [3.63, 3.8) is 0 Å². The molecule has 0 aliphatic carbocycles. The third kappa shape index (κ3) is 3.33. The molecule has 3 aromatic rings. The van der Waals surface area contributed by atoms with Crippen LogP contribution in [0, 0.1) is 0 Å². The predicted octanol–water partition coefficient (Wildman–Crippen LogP) is 5.50. The van der Waals surface area contributed by atoms with Crippen molar-refractivity contribution in [2.24, 2.45) is 0 Å². The van der Waals surface area contributed by atoms with E-state index < -0.39 is 6.03 Å². The fraction of sp³-hybridized carbons (Fsp3) is 0. The Morgan fingerprint density at radius 3 is 2.39 bits per heavy atom. The Hall–Kier alpha value is -2.43. The second-order valence-corrected chi connectivity index (χ2v) is 5.72. The maximum Gasteiger partial charge on any atom is 0.323 e. The van der Waals surface area contributed by atoms with Crippen LogP contribution in [-0.2, 0) is 0 Å². The van der Waals surface area contributed by atoms with Crippen LogP contribution in [-0.4, -0.2) is 11.1 Å². The third-order valence-electron chi connectivity index (χ3n) is 3.32. The predicted molar refractivity (Wildman–Crippen MR) is 94.7 cm³/mol. The Balaban J connectivity index is 1.86. The van der Waals surface area contributed by atoms with E-state index in [0.29, 0.717) is 26.8 Å². The standard InChI is InChI=1S/C17H12Cl2N2O2/c18-10-7-8-13(19)15(9-10)21-17(23)20-14-5-1-4-12-11(14)3-2-6-16(12)22/h1-9,22H,(H2,20,21,23). The molecule has 0 fully saturated rings. The normalized spacial score (nSPS) is 10.5. The van der Waals surface area contributed by atoms with Gasteiger partial charge < -0.3 is 15.7 Å². The summed E-state index contributed by atoms with van der Waals surface area (Å²) in [7, 11) is 0. The first-order valence-electron chi connectivity index (χ1n) is 6.78. The van der Waals surface area contributed by atoms with Gasteiger partial charge in [0.1, 0.15) is 5.75 Å². The van der Waals surface area contributed by atoms with Gasteiger partial charge in [0, 0.05) is 15.8 Å². The largest absolute Gasteiger partial charge is 0.507 e. The molecule has 3 aromatic carbocycles. The van der Waals surface area contributed by atoms with E-state index in [2.05, 4.69) is 10.6 Å². The van der Waals surface area contributed by atoms with Crippen molar-refractivity contribution in [3.05, 3.63) is 64.6 Å². The van der Waals surface area contributed by atoms with Crippen molar-refractivity contribution in [3.8, 4) is 5.75 Å². The summed E-state index contributed by atoms with van der Waals surface area (Å²) >= 11 is 11.9. The van der Waals surface area contributed by atoms with Gasteiger partial charge in [-0.1, -0.05) is 47.5 Å². The molecule has 6 heteroatoms. The van der Waals surface area contributed by atoms with Crippen LogP contribution >= 0.6 is 23.2 Å². The second-order valence-electron chi connectivity index (χ2n) is 4.88. The minimum Gasteiger partial charge on any atom is -0.507 e. The van der Waals surface area contributed by atoms with Crippen LogP contribution in [0.4, 0.5) is 16.2 Å². The van der Waals surface area contributed by atoms with Crippen molar-refractivity contribution in [1.29, 1.82) is 0 Å². The van der Waals surface area contributed by atoms with E-state index in [0.717, 1.165) is 5.39 Å². The third-order valence-corrected chi connectivity index (χ3v) is 3.89. The molecule has 0 radical (unpaired) electrons. The number of nitrogens with one attached hydrogen (secondary N) is 2.